The minimum atomic E-state index is -0.382. The highest BCUT2D eigenvalue weighted by molar-refractivity contribution is 6.10. The number of nitrogens with two attached hydrogens (primary N) is 1. The Morgan fingerprint density at radius 1 is 0.950 bits per heavy atom. The van der Waals surface area contributed by atoms with E-state index in [-0.39, 0.29) is 5.91 Å². The van der Waals surface area contributed by atoms with Gasteiger partial charge in [-0.25, -0.2) is 0 Å². The predicted octanol–water partition coefficient (Wildman–Crippen LogP) is 3.91. The van der Waals surface area contributed by atoms with Crippen LogP contribution < -0.4 is 5.73 Å². The molecule has 0 heterocycles. The van der Waals surface area contributed by atoms with Crippen LogP contribution in [-0.2, 0) is 0 Å². The Kier molecular flexibility index (Phi) is 2.99. The van der Waals surface area contributed by atoms with Crippen LogP contribution in [-0.4, -0.2) is 5.91 Å². The van der Waals surface area contributed by atoms with Gasteiger partial charge in [-0.15, -0.1) is 0 Å². The molecule has 98 valence electrons. The van der Waals surface area contributed by atoms with E-state index in [0.29, 0.717) is 5.56 Å². The van der Waals surface area contributed by atoms with Gasteiger partial charge in [0.25, 0.3) is 0 Å². The molecule has 0 spiro atoms. The van der Waals surface area contributed by atoms with Crippen molar-refractivity contribution in [3.63, 3.8) is 0 Å². The number of benzene rings is 3. The van der Waals surface area contributed by atoms with Crippen molar-refractivity contribution < 1.29 is 4.79 Å². The highest BCUT2D eigenvalue weighted by Gasteiger charge is 2.16. The molecular formula is C18H15NO. The maximum Gasteiger partial charge on any atom is 0.249 e. The molecule has 2 heteroatoms. The van der Waals surface area contributed by atoms with Gasteiger partial charge in [0.1, 0.15) is 0 Å². The number of carbonyl (C=O) groups excluding carboxylic acids is 1. The maximum absolute atomic E-state index is 11.9. The molecule has 0 saturated heterocycles. The van der Waals surface area contributed by atoms with Crippen LogP contribution in [0, 0.1) is 6.92 Å². The number of primary amides is 1. The third kappa shape index (κ3) is 1.95. The Bertz CT molecular complexity index is 791. The second-order valence-electron chi connectivity index (χ2n) is 4.89. The molecule has 3 aromatic carbocycles. The summed E-state index contributed by atoms with van der Waals surface area (Å²) in [5.74, 6) is -0.382. The lowest BCUT2D eigenvalue weighted by molar-refractivity contribution is 0.100. The van der Waals surface area contributed by atoms with E-state index in [2.05, 4.69) is 6.07 Å². The summed E-state index contributed by atoms with van der Waals surface area (Å²) in [6.45, 7) is 1.93. The van der Waals surface area contributed by atoms with Crippen molar-refractivity contribution in [3.05, 3.63) is 71.8 Å². The molecule has 2 nitrogen and oxygen atoms in total. The van der Waals surface area contributed by atoms with Crippen molar-refractivity contribution in [1.82, 2.24) is 0 Å². The third-order valence-electron chi connectivity index (χ3n) is 3.56. The molecule has 0 radical (unpaired) electrons. The minimum Gasteiger partial charge on any atom is -0.366 e. The largest absolute Gasteiger partial charge is 0.366 e. The van der Waals surface area contributed by atoms with E-state index in [1.165, 1.54) is 0 Å². The number of hydrogen-bond acceptors (Lipinski definition) is 1. The fraction of sp³-hybridized carbons (Fsp3) is 0.0556. The number of aryl methyl sites for hydroxylation is 1. The standard InChI is InChI=1S/C18H15NO/c1-12-11-14-9-5-6-10-15(14)17(16(12)18(19)20)13-7-3-2-4-8-13/h2-11H,1H3,(H2,19,20). The number of amides is 1. The monoisotopic (exact) mass is 261 g/mol. The second kappa shape index (κ2) is 4.82. The van der Waals surface area contributed by atoms with Gasteiger partial charge in [0.2, 0.25) is 5.91 Å². The van der Waals surface area contributed by atoms with Gasteiger partial charge in [-0.2, -0.15) is 0 Å². The van der Waals surface area contributed by atoms with Crippen LogP contribution in [0.5, 0.6) is 0 Å². The molecule has 3 aromatic rings. The minimum absolute atomic E-state index is 0.382. The first-order valence-electron chi connectivity index (χ1n) is 6.56. The van der Waals surface area contributed by atoms with Crippen LogP contribution in [0.2, 0.25) is 0 Å². The van der Waals surface area contributed by atoms with Gasteiger partial charge >= 0.3 is 0 Å². The van der Waals surface area contributed by atoms with Crippen molar-refractivity contribution in [3.8, 4) is 11.1 Å². The molecule has 0 atom stereocenters. The van der Waals surface area contributed by atoms with Crippen LogP contribution in [0.1, 0.15) is 15.9 Å². The van der Waals surface area contributed by atoms with E-state index < -0.39 is 0 Å². The van der Waals surface area contributed by atoms with Gasteiger partial charge in [-0.3, -0.25) is 4.79 Å². The Hall–Kier alpha value is -2.61. The lowest BCUT2D eigenvalue weighted by Crippen LogP contribution is -2.14. The lowest BCUT2D eigenvalue weighted by Gasteiger charge is -2.14. The van der Waals surface area contributed by atoms with Crippen molar-refractivity contribution >= 4 is 16.7 Å². The molecular weight excluding hydrogens is 246 g/mol. The summed E-state index contributed by atoms with van der Waals surface area (Å²) in [6.07, 6.45) is 0. The summed E-state index contributed by atoms with van der Waals surface area (Å²) in [6, 6.07) is 20.0. The Labute approximate surface area is 117 Å². The molecule has 0 saturated carbocycles. The SMILES string of the molecule is Cc1cc2ccccc2c(-c2ccccc2)c1C(N)=O. The normalized spacial score (nSPS) is 10.7. The number of fused-ring (bicyclic) bond motifs is 1. The molecule has 0 aliphatic heterocycles. The van der Waals surface area contributed by atoms with E-state index in [1.807, 2.05) is 61.5 Å². The van der Waals surface area contributed by atoms with Crippen LogP contribution in [0.4, 0.5) is 0 Å². The highest BCUT2D eigenvalue weighted by Crippen LogP contribution is 2.34. The second-order valence-corrected chi connectivity index (χ2v) is 4.89. The zero-order valence-corrected chi connectivity index (χ0v) is 11.3. The number of hydrogen-bond donors (Lipinski definition) is 1. The molecule has 2 N–H and O–H groups in total. The zero-order chi connectivity index (χ0) is 14.1. The van der Waals surface area contributed by atoms with Gasteiger partial charge in [0.15, 0.2) is 0 Å². The fourth-order valence-electron chi connectivity index (χ4n) is 2.71. The first-order chi connectivity index (χ1) is 9.68. The topological polar surface area (TPSA) is 43.1 Å². The van der Waals surface area contributed by atoms with E-state index in [4.69, 9.17) is 5.73 Å². The van der Waals surface area contributed by atoms with Crippen molar-refractivity contribution in [1.29, 1.82) is 0 Å². The molecule has 0 bridgehead atoms. The number of carbonyl (C=O) groups is 1. The molecule has 0 unspecified atom stereocenters. The first-order valence-corrected chi connectivity index (χ1v) is 6.56. The quantitative estimate of drug-likeness (QED) is 0.746. The van der Waals surface area contributed by atoms with Crippen molar-refractivity contribution in [2.45, 2.75) is 6.92 Å². The summed E-state index contributed by atoms with van der Waals surface area (Å²) in [4.78, 5) is 11.9. The van der Waals surface area contributed by atoms with E-state index >= 15 is 0 Å². The predicted molar refractivity (Wildman–Crippen MR) is 82.6 cm³/mol. The summed E-state index contributed by atoms with van der Waals surface area (Å²) >= 11 is 0. The molecule has 0 aliphatic rings. The molecule has 1 amide bonds. The van der Waals surface area contributed by atoms with Gasteiger partial charge in [-0.05, 0) is 28.8 Å². The summed E-state index contributed by atoms with van der Waals surface area (Å²) in [7, 11) is 0. The van der Waals surface area contributed by atoms with Crippen LogP contribution >= 0.6 is 0 Å². The number of rotatable bonds is 2. The van der Waals surface area contributed by atoms with Crippen molar-refractivity contribution in [2.24, 2.45) is 5.73 Å². The highest BCUT2D eigenvalue weighted by atomic mass is 16.1. The van der Waals surface area contributed by atoms with E-state index in [0.717, 1.165) is 27.5 Å². The molecule has 0 aromatic heterocycles. The Morgan fingerprint density at radius 3 is 2.30 bits per heavy atom. The Morgan fingerprint density at radius 2 is 1.60 bits per heavy atom. The van der Waals surface area contributed by atoms with Gasteiger partial charge in [0, 0.05) is 5.56 Å². The van der Waals surface area contributed by atoms with Crippen molar-refractivity contribution in [2.75, 3.05) is 0 Å². The first kappa shape index (κ1) is 12.4. The fourth-order valence-corrected chi connectivity index (χ4v) is 2.71. The summed E-state index contributed by atoms with van der Waals surface area (Å²) in [5.41, 5.74) is 9.06. The molecule has 0 fully saturated rings. The smallest absolute Gasteiger partial charge is 0.249 e. The molecule has 0 aliphatic carbocycles. The van der Waals surface area contributed by atoms with Crippen LogP contribution in [0.15, 0.2) is 60.7 Å². The third-order valence-corrected chi connectivity index (χ3v) is 3.56. The Balaban J connectivity index is 2.48. The zero-order valence-electron chi connectivity index (χ0n) is 11.3. The average molecular weight is 261 g/mol. The van der Waals surface area contributed by atoms with Gasteiger partial charge in [0.05, 0.1) is 5.56 Å². The summed E-state index contributed by atoms with van der Waals surface area (Å²) < 4.78 is 0. The molecule has 20 heavy (non-hydrogen) atoms. The lowest BCUT2D eigenvalue weighted by atomic mass is 9.90. The maximum atomic E-state index is 11.9. The average Bonchev–Trinajstić information content (AvgIpc) is 2.46. The van der Waals surface area contributed by atoms with E-state index in [9.17, 15) is 4.79 Å². The van der Waals surface area contributed by atoms with Crippen LogP contribution in [0.25, 0.3) is 21.9 Å². The summed E-state index contributed by atoms with van der Waals surface area (Å²) in [5, 5.41) is 2.17. The van der Waals surface area contributed by atoms with E-state index in [1.54, 1.807) is 0 Å². The van der Waals surface area contributed by atoms with Gasteiger partial charge < -0.3 is 5.73 Å². The van der Waals surface area contributed by atoms with Gasteiger partial charge in [-0.1, -0.05) is 60.7 Å². The van der Waals surface area contributed by atoms with Crippen LogP contribution in [0.3, 0.4) is 0 Å². The molecule has 3 rings (SSSR count).